The molecule has 0 amide bonds. The zero-order chi connectivity index (χ0) is 29.0. The highest BCUT2D eigenvalue weighted by Gasteiger charge is 2.50. The molecule has 1 N–H and O–H groups in total. The number of carbonyl (C=O) groups excluding carboxylic acids is 1. The quantitative estimate of drug-likeness (QED) is 0.350. The fourth-order valence-electron chi connectivity index (χ4n) is 7.52. The first-order chi connectivity index (χ1) is 20.4. The zero-order valence-corrected chi connectivity index (χ0v) is 24.4. The lowest BCUT2D eigenvalue weighted by atomic mass is 9.95. The summed E-state index contributed by atoms with van der Waals surface area (Å²) in [6, 6.07) is 14.5. The van der Waals surface area contributed by atoms with E-state index in [2.05, 4.69) is 42.3 Å². The van der Waals surface area contributed by atoms with Gasteiger partial charge in [0.05, 0.1) is 21.3 Å². The second kappa shape index (κ2) is 10.7. The molecule has 0 spiro atoms. The lowest BCUT2D eigenvalue weighted by Crippen LogP contribution is -2.45. The number of hydroxylamine groups is 1. The van der Waals surface area contributed by atoms with Gasteiger partial charge < -0.3 is 14.5 Å². The monoisotopic (exact) mass is 637 g/mol. The first-order valence-electron chi connectivity index (χ1n) is 14.4. The Bertz CT molecular complexity index is 1590. The van der Waals surface area contributed by atoms with E-state index in [4.69, 9.17) is 9.57 Å². The SMILES string of the molecule is N#Cc1c(OC[C@@]23CCCN2C[C@H](F)C3)nc2c(F)c(Br)ccc2c1N1CC2CC1C[C@H]2NOC(=O)c1ccccc1. The maximum absolute atomic E-state index is 15.5. The number of hydrogen-bond donors (Lipinski definition) is 1. The Balaban J connectivity index is 1.16. The van der Waals surface area contributed by atoms with Gasteiger partial charge in [-0.1, -0.05) is 18.2 Å². The molecule has 1 aromatic heterocycles. The van der Waals surface area contributed by atoms with Crippen LogP contribution in [0.3, 0.4) is 0 Å². The fourth-order valence-corrected chi connectivity index (χ4v) is 7.84. The van der Waals surface area contributed by atoms with Gasteiger partial charge in [0.25, 0.3) is 0 Å². The summed E-state index contributed by atoms with van der Waals surface area (Å²) in [6.07, 6.45) is 2.77. The molecule has 42 heavy (non-hydrogen) atoms. The highest BCUT2D eigenvalue weighted by Crippen LogP contribution is 2.47. The number of piperidine rings is 1. The van der Waals surface area contributed by atoms with Gasteiger partial charge in [0, 0.05) is 37.0 Å². The summed E-state index contributed by atoms with van der Waals surface area (Å²) < 4.78 is 36.4. The van der Waals surface area contributed by atoms with Gasteiger partial charge in [0.1, 0.15) is 29.9 Å². The first-order valence-corrected chi connectivity index (χ1v) is 15.2. The topological polar surface area (TPSA) is 90.7 Å². The molecule has 2 bridgehead atoms. The number of nitrogens with zero attached hydrogens (tertiary/aromatic N) is 4. The maximum Gasteiger partial charge on any atom is 0.356 e. The number of benzene rings is 2. The van der Waals surface area contributed by atoms with Crippen molar-refractivity contribution in [3.05, 3.63) is 63.9 Å². The third-order valence-electron chi connectivity index (χ3n) is 9.48. The van der Waals surface area contributed by atoms with Gasteiger partial charge in [0.15, 0.2) is 5.82 Å². The molecule has 3 aliphatic heterocycles. The molecule has 1 saturated carbocycles. The molecule has 7 rings (SSSR count). The summed E-state index contributed by atoms with van der Waals surface area (Å²) in [4.78, 5) is 26.7. The molecule has 8 nitrogen and oxygen atoms in total. The van der Waals surface area contributed by atoms with Crippen LogP contribution < -0.4 is 15.1 Å². The Morgan fingerprint density at radius 2 is 2.05 bits per heavy atom. The number of alkyl halides is 1. The smallest absolute Gasteiger partial charge is 0.356 e. The molecule has 4 fully saturated rings. The second-order valence-electron chi connectivity index (χ2n) is 11.9. The van der Waals surface area contributed by atoms with Crippen molar-refractivity contribution >= 4 is 38.5 Å². The molecule has 4 aliphatic rings. The van der Waals surface area contributed by atoms with Crippen molar-refractivity contribution in [3.63, 3.8) is 0 Å². The number of pyridine rings is 1. The molecule has 5 atom stereocenters. The number of halogens is 3. The predicted octanol–water partition coefficient (Wildman–Crippen LogP) is 5.29. The lowest BCUT2D eigenvalue weighted by Gasteiger charge is -2.35. The van der Waals surface area contributed by atoms with Crippen LogP contribution in [-0.2, 0) is 4.84 Å². The molecule has 0 radical (unpaired) electrons. The van der Waals surface area contributed by atoms with Crippen LogP contribution in [0.4, 0.5) is 14.5 Å². The van der Waals surface area contributed by atoms with Gasteiger partial charge in [-0.15, -0.1) is 5.48 Å². The molecule has 218 valence electrons. The van der Waals surface area contributed by atoms with Gasteiger partial charge in [-0.25, -0.2) is 18.6 Å². The van der Waals surface area contributed by atoms with E-state index in [1.54, 1.807) is 36.4 Å². The molecule has 3 saturated heterocycles. The summed E-state index contributed by atoms with van der Waals surface area (Å²) in [6.45, 7) is 2.00. The number of ether oxygens (including phenoxy) is 1. The molecule has 2 aromatic carbocycles. The van der Waals surface area contributed by atoms with Crippen LogP contribution in [0.15, 0.2) is 46.9 Å². The van der Waals surface area contributed by atoms with Crippen molar-refractivity contribution in [1.29, 1.82) is 5.26 Å². The van der Waals surface area contributed by atoms with Crippen molar-refractivity contribution in [2.75, 3.05) is 31.1 Å². The van der Waals surface area contributed by atoms with E-state index in [-0.39, 0.29) is 46.0 Å². The number of carbonyl (C=O) groups is 1. The Hall–Kier alpha value is -3.33. The minimum atomic E-state index is -0.911. The van der Waals surface area contributed by atoms with E-state index >= 15 is 4.39 Å². The number of fused-ring (bicyclic) bond motifs is 4. The molecular formula is C31H30BrF2N5O3. The van der Waals surface area contributed by atoms with Crippen molar-refractivity contribution in [2.45, 2.75) is 55.9 Å². The van der Waals surface area contributed by atoms with Crippen molar-refractivity contribution in [3.8, 4) is 11.9 Å². The largest absolute Gasteiger partial charge is 0.475 e. The van der Waals surface area contributed by atoms with Gasteiger partial charge in [-0.3, -0.25) is 4.90 Å². The van der Waals surface area contributed by atoms with Crippen molar-refractivity contribution in [1.82, 2.24) is 15.4 Å². The second-order valence-corrected chi connectivity index (χ2v) is 12.7. The zero-order valence-electron chi connectivity index (χ0n) is 22.9. The number of rotatable bonds is 7. The number of hydrogen-bond acceptors (Lipinski definition) is 8. The minimum absolute atomic E-state index is 0.0392. The van der Waals surface area contributed by atoms with Crippen LogP contribution in [0.5, 0.6) is 5.88 Å². The van der Waals surface area contributed by atoms with E-state index in [9.17, 15) is 14.4 Å². The Morgan fingerprint density at radius 3 is 2.81 bits per heavy atom. The van der Waals surface area contributed by atoms with E-state index in [0.717, 1.165) is 25.8 Å². The Labute approximate surface area is 250 Å². The van der Waals surface area contributed by atoms with Gasteiger partial charge in [0.2, 0.25) is 5.88 Å². The van der Waals surface area contributed by atoms with E-state index in [1.807, 2.05) is 6.07 Å². The van der Waals surface area contributed by atoms with Gasteiger partial charge in [-0.05, 0) is 78.3 Å². The van der Waals surface area contributed by atoms with Crippen LogP contribution >= 0.6 is 15.9 Å². The Kier molecular flexibility index (Phi) is 7.03. The third kappa shape index (κ3) is 4.60. The molecule has 11 heteroatoms. The maximum atomic E-state index is 15.5. The lowest BCUT2D eigenvalue weighted by molar-refractivity contribution is 0.0105. The molecular weight excluding hydrogens is 608 g/mol. The summed E-state index contributed by atoms with van der Waals surface area (Å²) in [5.41, 5.74) is 4.00. The van der Waals surface area contributed by atoms with E-state index in [0.29, 0.717) is 42.6 Å². The average molecular weight is 639 g/mol. The summed E-state index contributed by atoms with van der Waals surface area (Å²) in [7, 11) is 0. The highest BCUT2D eigenvalue weighted by atomic mass is 79.9. The number of aromatic nitrogens is 1. The third-order valence-corrected chi connectivity index (χ3v) is 10.1. The summed E-state index contributed by atoms with van der Waals surface area (Å²) >= 11 is 3.27. The van der Waals surface area contributed by atoms with Crippen LogP contribution in [0.2, 0.25) is 0 Å². The van der Waals surface area contributed by atoms with Crippen molar-refractivity contribution in [2.24, 2.45) is 5.92 Å². The van der Waals surface area contributed by atoms with E-state index in [1.165, 1.54) is 0 Å². The Morgan fingerprint density at radius 1 is 1.21 bits per heavy atom. The summed E-state index contributed by atoms with van der Waals surface area (Å²) in [5.74, 6) is -0.726. The minimum Gasteiger partial charge on any atom is -0.475 e. The molecule has 1 aliphatic carbocycles. The number of nitriles is 1. The molecule has 4 heterocycles. The van der Waals surface area contributed by atoms with Crippen molar-refractivity contribution < 1.29 is 23.1 Å². The molecule has 3 aromatic rings. The normalized spacial score (nSPS) is 28.3. The number of nitrogens with one attached hydrogen (secondary N) is 1. The van der Waals surface area contributed by atoms with E-state index < -0.39 is 23.5 Å². The molecule has 2 unspecified atom stereocenters. The summed E-state index contributed by atoms with van der Waals surface area (Å²) in [5, 5.41) is 10.9. The van der Waals surface area contributed by atoms with Crippen LogP contribution in [0, 0.1) is 23.1 Å². The van der Waals surface area contributed by atoms with Crippen LogP contribution in [-0.4, -0.2) is 65.9 Å². The number of anilines is 1. The van der Waals surface area contributed by atoms with Gasteiger partial charge in [-0.2, -0.15) is 5.26 Å². The average Bonchev–Trinajstić information content (AvgIpc) is 3.76. The highest BCUT2D eigenvalue weighted by molar-refractivity contribution is 9.10. The first kappa shape index (κ1) is 27.5. The van der Waals surface area contributed by atoms with Gasteiger partial charge >= 0.3 is 5.97 Å². The standard InChI is InChI=1S/C31H30BrF2N5O3/c32-24-8-7-22-27(26(24)34)36-29(41-17-31-9-4-10-38(31)16-20(33)13-31)23(14-35)28(22)39-15-19-11-21(39)12-25(19)37-42-30(40)18-5-2-1-3-6-18/h1-3,5-8,19-21,25,37H,4,9-13,15-17H2/t19?,20-,21?,25-,31+/m1/s1. The van der Waals surface area contributed by atoms with Crippen LogP contribution in [0.1, 0.15) is 48.0 Å². The van der Waals surface area contributed by atoms with Crippen LogP contribution in [0.25, 0.3) is 10.9 Å². The predicted molar refractivity (Wildman–Crippen MR) is 155 cm³/mol. The fraction of sp³-hybridized carbons (Fsp3) is 0.452.